The molecule has 1 fully saturated rings. The SMILES string of the molecule is O=C(O)C(F)(F)F.O=S1(=O)CCNC(CO)C1. The average Bonchev–Trinajstić information content (AvgIpc) is 2.15. The zero-order valence-electron chi connectivity index (χ0n) is 8.57. The molecule has 1 aliphatic rings. The largest absolute Gasteiger partial charge is 0.490 e. The molecular formula is C7H12F3NO5S. The first-order valence-corrected chi connectivity index (χ1v) is 6.25. The zero-order chi connectivity index (χ0) is 13.7. The number of carboxylic acids is 1. The zero-order valence-corrected chi connectivity index (χ0v) is 9.38. The lowest BCUT2D eigenvalue weighted by atomic mass is 10.3. The summed E-state index contributed by atoms with van der Waals surface area (Å²) < 4.78 is 53.5. The van der Waals surface area contributed by atoms with Gasteiger partial charge in [0.15, 0.2) is 9.84 Å². The van der Waals surface area contributed by atoms with Crippen LogP contribution in [0.2, 0.25) is 0 Å². The lowest BCUT2D eigenvalue weighted by molar-refractivity contribution is -0.192. The Morgan fingerprint density at radius 2 is 1.88 bits per heavy atom. The number of nitrogens with one attached hydrogen (secondary N) is 1. The number of carboxylic acid groups (broad SMARTS) is 1. The molecule has 0 aromatic carbocycles. The van der Waals surface area contributed by atoms with E-state index in [0.29, 0.717) is 6.54 Å². The molecule has 6 nitrogen and oxygen atoms in total. The van der Waals surface area contributed by atoms with Crippen LogP contribution < -0.4 is 5.32 Å². The Morgan fingerprint density at radius 3 is 2.12 bits per heavy atom. The van der Waals surface area contributed by atoms with Gasteiger partial charge in [-0.2, -0.15) is 13.2 Å². The molecule has 1 saturated heterocycles. The molecule has 0 aromatic rings. The third-order valence-electron chi connectivity index (χ3n) is 1.76. The number of halogens is 3. The Labute approximate surface area is 95.4 Å². The highest BCUT2D eigenvalue weighted by Crippen LogP contribution is 2.13. The summed E-state index contributed by atoms with van der Waals surface area (Å²) in [5, 5.41) is 18.6. The average molecular weight is 279 g/mol. The molecule has 0 aliphatic carbocycles. The number of hydrogen-bond acceptors (Lipinski definition) is 5. The van der Waals surface area contributed by atoms with E-state index >= 15 is 0 Å². The van der Waals surface area contributed by atoms with Crippen molar-refractivity contribution >= 4 is 15.8 Å². The quantitative estimate of drug-likeness (QED) is 0.569. The Bertz CT molecular complexity index is 353. The summed E-state index contributed by atoms with van der Waals surface area (Å²) in [6, 6.07) is -0.251. The van der Waals surface area contributed by atoms with Crippen LogP contribution in [0.3, 0.4) is 0 Å². The van der Waals surface area contributed by atoms with Crippen LogP contribution in [-0.2, 0) is 14.6 Å². The Balaban J connectivity index is 0.000000325. The number of aliphatic hydroxyl groups is 1. The maximum atomic E-state index is 10.9. The van der Waals surface area contributed by atoms with Crippen molar-refractivity contribution in [1.82, 2.24) is 5.32 Å². The van der Waals surface area contributed by atoms with E-state index in [-0.39, 0.29) is 24.2 Å². The van der Waals surface area contributed by atoms with E-state index in [9.17, 15) is 21.6 Å². The molecule has 0 spiro atoms. The molecule has 0 bridgehead atoms. The highest BCUT2D eigenvalue weighted by atomic mass is 32.2. The molecule has 0 amide bonds. The summed E-state index contributed by atoms with van der Waals surface area (Å²) in [6.07, 6.45) is -5.08. The maximum Gasteiger partial charge on any atom is 0.490 e. The number of sulfone groups is 1. The van der Waals surface area contributed by atoms with Crippen molar-refractivity contribution in [1.29, 1.82) is 0 Å². The van der Waals surface area contributed by atoms with E-state index in [0.717, 1.165) is 0 Å². The van der Waals surface area contributed by atoms with E-state index in [1.54, 1.807) is 0 Å². The number of rotatable bonds is 1. The third kappa shape index (κ3) is 7.13. The van der Waals surface area contributed by atoms with E-state index in [4.69, 9.17) is 15.0 Å². The van der Waals surface area contributed by atoms with Gasteiger partial charge in [0, 0.05) is 12.6 Å². The molecule has 0 radical (unpaired) electrons. The standard InChI is InChI=1S/C5H11NO3S.C2HF3O2/c7-3-5-4-10(8,9)2-1-6-5;3-2(4,5)1(6)7/h5-7H,1-4H2;(H,6,7). The molecule has 1 atom stereocenters. The fraction of sp³-hybridized carbons (Fsp3) is 0.857. The van der Waals surface area contributed by atoms with Gasteiger partial charge >= 0.3 is 12.1 Å². The first-order chi connectivity index (χ1) is 7.58. The van der Waals surface area contributed by atoms with E-state index in [1.165, 1.54) is 0 Å². The number of aliphatic carboxylic acids is 1. The molecule has 102 valence electrons. The lowest BCUT2D eigenvalue weighted by Crippen LogP contribution is -2.46. The molecule has 0 saturated carbocycles. The molecule has 17 heavy (non-hydrogen) atoms. The molecule has 1 unspecified atom stereocenters. The monoisotopic (exact) mass is 279 g/mol. The molecule has 3 N–H and O–H groups in total. The maximum absolute atomic E-state index is 10.9. The first kappa shape index (κ1) is 16.1. The van der Waals surface area contributed by atoms with E-state index < -0.39 is 22.0 Å². The summed E-state index contributed by atoms with van der Waals surface area (Å²) in [5.74, 6) is -2.49. The van der Waals surface area contributed by atoms with Crippen LogP contribution in [0.4, 0.5) is 13.2 Å². The van der Waals surface area contributed by atoms with Gasteiger partial charge < -0.3 is 15.5 Å². The van der Waals surface area contributed by atoms with Crippen molar-refractivity contribution in [2.24, 2.45) is 0 Å². The van der Waals surface area contributed by atoms with E-state index in [1.807, 2.05) is 0 Å². The number of hydrogen-bond donors (Lipinski definition) is 3. The highest BCUT2D eigenvalue weighted by molar-refractivity contribution is 7.91. The Hall–Kier alpha value is -0.870. The highest BCUT2D eigenvalue weighted by Gasteiger charge is 2.38. The van der Waals surface area contributed by atoms with Crippen LogP contribution in [0.1, 0.15) is 0 Å². The molecule has 1 aliphatic heterocycles. The van der Waals surface area contributed by atoms with Crippen molar-refractivity contribution in [3.63, 3.8) is 0 Å². The van der Waals surface area contributed by atoms with E-state index in [2.05, 4.69) is 5.32 Å². The van der Waals surface area contributed by atoms with Crippen LogP contribution in [0.15, 0.2) is 0 Å². The summed E-state index contributed by atoms with van der Waals surface area (Å²) >= 11 is 0. The van der Waals surface area contributed by atoms with Crippen LogP contribution >= 0.6 is 0 Å². The van der Waals surface area contributed by atoms with Gasteiger partial charge in [0.05, 0.1) is 18.1 Å². The second-order valence-electron chi connectivity index (χ2n) is 3.25. The van der Waals surface area contributed by atoms with Crippen molar-refractivity contribution in [2.45, 2.75) is 12.2 Å². The molecule has 1 rings (SSSR count). The topological polar surface area (TPSA) is 104 Å². The summed E-state index contributed by atoms with van der Waals surface area (Å²) in [5.41, 5.74) is 0. The smallest absolute Gasteiger partial charge is 0.475 e. The van der Waals surface area contributed by atoms with Crippen molar-refractivity contribution in [3.8, 4) is 0 Å². The van der Waals surface area contributed by atoms with Gasteiger partial charge in [-0.25, -0.2) is 13.2 Å². The van der Waals surface area contributed by atoms with Crippen molar-refractivity contribution in [2.75, 3.05) is 24.7 Å². The third-order valence-corrected chi connectivity index (χ3v) is 3.50. The minimum Gasteiger partial charge on any atom is -0.475 e. The number of aliphatic hydroxyl groups excluding tert-OH is 1. The summed E-state index contributed by atoms with van der Waals surface area (Å²) in [4.78, 5) is 8.90. The minimum atomic E-state index is -5.08. The molecule has 1 heterocycles. The summed E-state index contributed by atoms with van der Waals surface area (Å²) in [7, 11) is -2.87. The minimum absolute atomic E-state index is 0.0729. The van der Waals surface area contributed by atoms with Gasteiger partial charge in [-0.15, -0.1) is 0 Å². The van der Waals surface area contributed by atoms with Gasteiger partial charge in [0.2, 0.25) is 0 Å². The van der Waals surface area contributed by atoms with Crippen molar-refractivity contribution < 1.29 is 36.6 Å². The van der Waals surface area contributed by atoms with Gasteiger partial charge in [-0.1, -0.05) is 0 Å². The van der Waals surface area contributed by atoms with Crippen LogP contribution in [0.5, 0.6) is 0 Å². The second-order valence-corrected chi connectivity index (χ2v) is 5.48. The Kier molecular flexibility index (Phi) is 5.85. The fourth-order valence-electron chi connectivity index (χ4n) is 0.985. The number of carbonyl (C=O) groups is 1. The lowest BCUT2D eigenvalue weighted by Gasteiger charge is -2.21. The van der Waals surface area contributed by atoms with Crippen LogP contribution in [0.25, 0.3) is 0 Å². The predicted molar refractivity (Wildman–Crippen MR) is 51.2 cm³/mol. The van der Waals surface area contributed by atoms with Crippen LogP contribution in [0, 0.1) is 0 Å². The van der Waals surface area contributed by atoms with Crippen molar-refractivity contribution in [3.05, 3.63) is 0 Å². The first-order valence-electron chi connectivity index (χ1n) is 4.43. The van der Waals surface area contributed by atoms with Gasteiger partial charge in [-0.05, 0) is 0 Å². The van der Waals surface area contributed by atoms with Gasteiger partial charge in [0.1, 0.15) is 0 Å². The molecule has 10 heteroatoms. The molecule has 0 aromatic heterocycles. The summed E-state index contributed by atoms with van der Waals surface area (Å²) in [6.45, 7) is 0.368. The number of alkyl halides is 3. The van der Waals surface area contributed by atoms with Gasteiger partial charge in [-0.3, -0.25) is 0 Å². The van der Waals surface area contributed by atoms with Crippen LogP contribution in [-0.4, -0.2) is 61.5 Å². The predicted octanol–water partition coefficient (Wildman–Crippen LogP) is -1.00. The normalized spacial score (nSPS) is 23.4. The van der Waals surface area contributed by atoms with Gasteiger partial charge in [0.25, 0.3) is 0 Å². The molecular weight excluding hydrogens is 267 g/mol. The second kappa shape index (κ2) is 6.17. The fourth-order valence-corrected chi connectivity index (χ4v) is 2.42. The Morgan fingerprint density at radius 1 is 1.41 bits per heavy atom.